The van der Waals surface area contributed by atoms with E-state index in [1.807, 2.05) is 0 Å². The van der Waals surface area contributed by atoms with Crippen molar-refractivity contribution in [3.8, 4) is 5.75 Å². The van der Waals surface area contributed by atoms with Crippen LogP contribution >= 0.6 is 0 Å². The van der Waals surface area contributed by atoms with Gasteiger partial charge >= 0.3 is 5.97 Å². The Hall–Kier alpha value is -4.99. The number of aromatic nitrogens is 2. The van der Waals surface area contributed by atoms with Crippen molar-refractivity contribution in [3.63, 3.8) is 0 Å². The van der Waals surface area contributed by atoms with Gasteiger partial charge in [0.05, 0.1) is 39.6 Å². The Kier molecular flexibility index (Phi) is 20.1. The summed E-state index contributed by atoms with van der Waals surface area (Å²) in [6, 6.07) is 12.9. The summed E-state index contributed by atoms with van der Waals surface area (Å²) >= 11 is 0. The molecular weight excluding hydrogens is 685 g/mol. The lowest BCUT2D eigenvalue weighted by atomic mass is 10.1. The molecule has 3 aromatic rings. The van der Waals surface area contributed by atoms with Gasteiger partial charge < -0.3 is 39.6 Å². The molecule has 1 amide bonds. The third kappa shape index (κ3) is 17.4. The van der Waals surface area contributed by atoms with Gasteiger partial charge in [0.1, 0.15) is 29.4 Å². The van der Waals surface area contributed by atoms with E-state index in [-0.39, 0.29) is 37.1 Å². The van der Waals surface area contributed by atoms with Crippen LogP contribution in [0.3, 0.4) is 0 Å². The smallest absolute Gasteiger partial charge is 0.303 e. The monoisotopic (exact) mass is 737 g/mol. The number of likely N-dealkylation sites (N-methyl/N-ethyl adjacent to an activating group) is 1. The van der Waals surface area contributed by atoms with Crippen molar-refractivity contribution in [1.29, 1.82) is 10.8 Å². The fourth-order valence-electron chi connectivity index (χ4n) is 4.92. The van der Waals surface area contributed by atoms with E-state index < -0.39 is 11.8 Å². The minimum absolute atomic E-state index is 0.0173. The number of aliphatic carboxylic acids is 1. The Bertz CT molecular complexity index is 1560. The van der Waals surface area contributed by atoms with Crippen molar-refractivity contribution < 1.29 is 38.0 Å². The molecular formula is C38H52FN7O7. The maximum atomic E-state index is 14.6. The van der Waals surface area contributed by atoms with E-state index >= 15 is 0 Å². The number of anilines is 1. The lowest BCUT2D eigenvalue weighted by molar-refractivity contribution is -0.137. The lowest BCUT2D eigenvalue weighted by Gasteiger charge is -2.20. The van der Waals surface area contributed by atoms with Crippen LogP contribution in [0.1, 0.15) is 73.0 Å². The predicted molar refractivity (Wildman–Crippen MR) is 199 cm³/mol. The highest BCUT2D eigenvalue weighted by Gasteiger charge is 2.14. The fraction of sp³-hybridized carbons (Fsp3) is 0.474. The zero-order valence-corrected chi connectivity index (χ0v) is 30.4. The van der Waals surface area contributed by atoms with Gasteiger partial charge in [0.15, 0.2) is 5.84 Å². The lowest BCUT2D eigenvalue weighted by Crippen LogP contribution is -2.37. The summed E-state index contributed by atoms with van der Waals surface area (Å²) in [5, 5.41) is 31.1. The van der Waals surface area contributed by atoms with Crippen LogP contribution in [0.25, 0.3) is 0 Å². The summed E-state index contributed by atoms with van der Waals surface area (Å²) in [5.74, 6) is -0.855. The van der Waals surface area contributed by atoms with E-state index in [1.165, 1.54) is 23.5 Å². The van der Waals surface area contributed by atoms with Gasteiger partial charge in [-0.3, -0.25) is 20.4 Å². The second-order valence-electron chi connectivity index (χ2n) is 12.1. The van der Waals surface area contributed by atoms with Gasteiger partial charge in [0.25, 0.3) is 5.91 Å². The number of halogens is 1. The first kappa shape index (κ1) is 42.4. The minimum Gasteiger partial charge on any atom is -0.494 e. The van der Waals surface area contributed by atoms with Crippen LogP contribution in [0.2, 0.25) is 0 Å². The Balaban J connectivity index is 1.24. The van der Waals surface area contributed by atoms with E-state index in [0.29, 0.717) is 80.9 Å². The van der Waals surface area contributed by atoms with E-state index in [1.54, 1.807) is 49.5 Å². The highest BCUT2D eigenvalue weighted by Crippen LogP contribution is 2.18. The molecule has 5 N–H and O–H groups in total. The Morgan fingerprint density at radius 3 is 2.21 bits per heavy atom. The van der Waals surface area contributed by atoms with Crippen LogP contribution in [0.15, 0.2) is 61.1 Å². The molecule has 1 heterocycles. The molecule has 0 aliphatic rings. The second-order valence-corrected chi connectivity index (χ2v) is 12.1. The third-order valence-corrected chi connectivity index (χ3v) is 7.98. The summed E-state index contributed by atoms with van der Waals surface area (Å²) in [4.78, 5) is 32.7. The predicted octanol–water partition coefficient (Wildman–Crippen LogP) is 5.53. The number of amides is 1. The maximum absolute atomic E-state index is 14.6. The van der Waals surface area contributed by atoms with Gasteiger partial charge in [-0.25, -0.2) is 14.4 Å². The second kappa shape index (κ2) is 25.1. The molecule has 0 unspecified atom stereocenters. The molecule has 0 atom stereocenters. The number of nitrogens with one attached hydrogen (secondary N) is 4. The van der Waals surface area contributed by atoms with Crippen molar-refractivity contribution in [2.75, 3.05) is 65.2 Å². The summed E-state index contributed by atoms with van der Waals surface area (Å²) in [5.41, 5.74) is 1.69. The van der Waals surface area contributed by atoms with Gasteiger partial charge in [-0.15, -0.1) is 0 Å². The molecule has 0 spiro atoms. The molecule has 0 saturated heterocycles. The maximum Gasteiger partial charge on any atom is 0.303 e. The number of carbonyl (C=O) groups excluding carboxylic acids is 1. The van der Waals surface area contributed by atoms with E-state index in [2.05, 4.69) is 20.6 Å². The standard InChI is InChI=1S/C38H52FN7O7/c1-46(37(41)34-15-16-42-28-45-34)35(40)27-43-31-11-9-10-29(24-31)38(49)44-26-30-25-32(13-14-33(30)39)53-19-8-3-2-6-17-50-20-22-52-23-21-51-18-7-4-5-12-36(47)48/h9-11,13-16,24-25,28,40-41,43H,2-8,12,17-23,26-27H2,1H3,(H,44,49)(H,47,48). The average Bonchev–Trinajstić information content (AvgIpc) is 3.17. The van der Waals surface area contributed by atoms with Crippen LogP contribution in [-0.4, -0.2) is 103 Å². The Morgan fingerprint density at radius 1 is 0.849 bits per heavy atom. The molecule has 0 fully saturated rings. The molecule has 3 rings (SSSR count). The highest BCUT2D eigenvalue weighted by molar-refractivity contribution is 6.06. The van der Waals surface area contributed by atoms with Crippen LogP contribution in [-0.2, 0) is 25.5 Å². The van der Waals surface area contributed by atoms with Crippen molar-refractivity contribution in [2.45, 2.75) is 57.9 Å². The normalized spacial score (nSPS) is 10.8. The zero-order chi connectivity index (χ0) is 38.1. The van der Waals surface area contributed by atoms with Gasteiger partial charge in [0, 0.05) is 56.2 Å². The quantitative estimate of drug-likeness (QED) is 0.0376. The summed E-state index contributed by atoms with van der Waals surface area (Å²) < 4.78 is 37.0. The van der Waals surface area contributed by atoms with Crippen LogP contribution in [0.5, 0.6) is 5.75 Å². The van der Waals surface area contributed by atoms with Gasteiger partial charge in [-0.1, -0.05) is 18.9 Å². The number of nitrogens with zero attached hydrogens (tertiary/aromatic N) is 3. The topological polar surface area (TPSA) is 192 Å². The molecule has 1 aromatic heterocycles. The van der Waals surface area contributed by atoms with Gasteiger partial charge in [0.2, 0.25) is 0 Å². The first-order valence-electron chi connectivity index (χ1n) is 17.9. The first-order chi connectivity index (χ1) is 25.7. The van der Waals surface area contributed by atoms with E-state index in [0.717, 1.165) is 38.5 Å². The van der Waals surface area contributed by atoms with Crippen molar-refractivity contribution in [1.82, 2.24) is 20.2 Å². The van der Waals surface area contributed by atoms with Crippen molar-refractivity contribution >= 4 is 29.2 Å². The SMILES string of the molecule is CN(C(=N)CNc1cccc(C(=O)NCc2cc(OCCCCCCOCCOCCOCCCCCC(=O)O)ccc2F)c1)C(=N)c1ccncn1. The molecule has 0 saturated carbocycles. The number of unbranched alkanes of at least 4 members (excludes halogenated alkanes) is 5. The molecule has 0 aliphatic heterocycles. The Labute approximate surface area is 310 Å². The number of amidine groups is 2. The number of rotatable bonds is 27. The number of hydrogen-bond acceptors (Lipinski definition) is 11. The largest absolute Gasteiger partial charge is 0.494 e. The molecule has 288 valence electrons. The van der Waals surface area contributed by atoms with E-state index in [9.17, 15) is 14.0 Å². The van der Waals surface area contributed by atoms with Gasteiger partial charge in [-0.2, -0.15) is 0 Å². The summed E-state index contributed by atoms with van der Waals surface area (Å²) in [7, 11) is 1.61. The average molecular weight is 738 g/mol. The van der Waals surface area contributed by atoms with Crippen molar-refractivity contribution in [2.24, 2.45) is 0 Å². The van der Waals surface area contributed by atoms with Gasteiger partial charge in [-0.05, 0) is 74.6 Å². The number of benzene rings is 2. The van der Waals surface area contributed by atoms with Crippen LogP contribution in [0, 0.1) is 16.6 Å². The molecule has 14 nitrogen and oxygen atoms in total. The number of carboxylic acids is 1. The summed E-state index contributed by atoms with van der Waals surface area (Å²) in [6.45, 7) is 3.91. The number of carbonyl (C=O) groups is 2. The molecule has 0 bridgehead atoms. The molecule has 53 heavy (non-hydrogen) atoms. The zero-order valence-electron chi connectivity index (χ0n) is 30.4. The van der Waals surface area contributed by atoms with Crippen LogP contribution in [0.4, 0.5) is 10.1 Å². The van der Waals surface area contributed by atoms with E-state index in [4.69, 9.17) is 34.9 Å². The number of ether oxygens (including phenoxy) is 4. The molecule has 15 heteroatoms. The number of hydrogen-bond donors (Lipinski definition) is 5. The summed E-state index contributed by atoms with van der Waals surface area (Å²) in [6.07, 6.45) is 9.20. The third-order valence-electron chi connectivity index (χ3n) is 7.98. The van der Waals surface area contributed by atoms with Crippen LogP contribution < -0.4 is 15.4 Å². The molecule has 2 aromatic carbocycles. The molecule has 0 radical (unpaired) electrons. The fourth-order valence-corrected chi connectivity index (χ4v) is 4.92. The number of carboxylic acid groups (broad SMARTS) is 1. The first-order valence-corrected chi connectivity index (χ1v) is 17.9. The molecule has 0 aliphatic carbocycles. The Morgan fingerprint density at radius 2 is 1.53 bits per heavy atom. The highest BCUT2D eigenvalue weighted by atomic mass is 19.1. The minimum atomic E-state index is -0.760. The van der Waals surface area contributed by atoms with Crippen molar-refractivity contribution in [3.05, 3.63) is 83.7 Å².